The molecular weight excluding hydrogens is 262 g/mol. The van der Waals surface area contributed by atoms with Gasteiger partial charge in [0.2, 0.25) is 5.91 Å². The Morgan fingerprint density at radius 3 is 2.62 bits per heavy atom. The van der Waals surface area contributed by atoms with Crippen LogP contribution in [0.4, 0.5) is 0 Å². The monoisotopic (exact) mass is 289 g/mol. The first kappa shape index (κ1) is 16.0. The van der Waals surface area contributed by atoms with Crippen LogP contribution >= 0.6 is 0 Å². The summed E-state index contributed by atoms with van der Waals surface area (Å²) in [5.41, 5.74) is 7.07. The Morgan fingerprint density at radius 2 is 2.05 bits per heavy atom. The summed E-state index contributed by atoms with van der Waals surface area (Å²) in [7, 11) is 2.00. The lowest BCUT2D eigenvalue weighted by molar-refractivity contribution is -0.122. The summed E-state index contributed by atoms with van der Waals surface area (Å²) < 4.78 is 0. The Balaban J connectivity index is 1.74. The average Bonchev–Trinajstić information content (AvgIpc) is 3.31. The van der Waals surface area contributed by atoms with E-state index in [4.69, 9.17) is 5.73 Å². The summed E-state index contributed by atoms with van der Waals surface area (Å²) in [5, 5.41) is 3.03. The highest BCUT2D eigenvalue weighted by Crippen LogP contribution is 2.34. The third-order valence-electron chi connectivity index (χ3n) is 4.34. The summed E-state index contributed by atoms with van der Waals surface area (Å²) in [6, 6.07) is 10.6. The molecule has 1 amide bonds. The highest BCUT2D eigenvalue weighted by molar-refractivity contribution is 5.78. The van der Waals surface area contributed by atoms with Crippen molar-refractivity contribution in [2.24, 2.45) is 11.7 Å². The van der Waals surface area contributed by atoms with Gasteiger partial charge in [0.1, 0.15) is 0 Å². The van der Waals surface area contributed by atoms with Crippen LogP contribution in [0.15, 0.2) is 30.3 Å². The van der Waals surface area contributed by atoms with Gasteiger partial charge in [0.25, 0.3) is 0 Å². The Kier molecular flexibility index (Phi) is 5.76. The van der Waals surface area contributed by atoms with Crippen molar-refractivity contribution in [3.05, 3.63) is 35.9 Å². The fourth-order valence-corrected chi connectivity index (χ4v) is 2.78. The fourth-order valence-electron chi connectivity index (χ4n) is 2.78. The number of nitrogens with zero attached hydrogens (tertiary/aromatic N) is 1. The molecule has 1 aromatic carbocycles. The predicted molar refractivity (Wildman–Crippen MR) is 86.1 cm³/mol. The van der Waals surface area contributed by atoms with Crippen molar-refractivity contribution in [2.75, 3.05) is 26.7 Å². The zero-order valence-electron chi connectivity index (χ0n) is 13.1. The van der Waals surface area contributed by atoms with E-state index in [-0.39, 0.29) is 5.91 Å². The molecule has 0 saturated heterocycles. The number of amides is 1. The van der Waals surface area contributed by atoms with Gasteiger partial charge in [-0.25, -0.2) is 0 Å². The quantitative estimate of drug-likeness (QED) is 0.764. The van der Waals surface area contributed by atoms with Crippen LogP contribution in [0, 0.1) is 5.92 Å². The fraction of sp³-hybridized carbons (Fsp3) is 0.588. The Morgan fingerprint density at radius 1 is 1.38 bits per heavy atom. The van der Waals surface area contributed by atoms with E-state index >= 15 is 0 Å². The molecule has 4 nitrogen and oxygen atoms in total. The van der Waals surface area contributed by atoms with Gasteiger partial charge in [-0.1, -0.05) is 37.3 Å². The Labute approximate surface area is 127 Å². The van der Waals surface area contributed by atoms with Gasteiger partial charge in [-0.2, -0.15) is 0 Å². The lowest BCUT2D eigenvalue weighted by atomic mass is 10.0. The third kappa shape index (κ3) is 4.83. The van der Waals surface area contributed by atoms with Gasteiger partial charge in [-0.3, -0.25) is 9.69 Å². The molecule has 21 heavy (non-hydrogen) atoms. The van der Waals surface area contributed by atoms with Gasteiger partial charge in [0.05, 0.1) is 6.54 Å². The maximum absolute atomic E-state index is 12.1. The normalized spacial score (nSPS) is 17.5. The van der Waals surface area contributed by atoms with Gasteiger partial charge in [-0.15, -0.1) is 0 Å². The van der Waals surface area contributed by atoms with Gasteiger partial charge in [-0.05, 0) is 37.3 Å². The minimum absolute atomic E-state index is 0.0828. The summed E-state index contributed by atoms with van der Waals surface area (Å²) in [6.07, 6.45) is 2.50. The van der Waals surface area contributed by atoms with Crippen molar-refractivity contribution in [3.63, 3.8) is 0 Å². The van der Waals surface area contributed by atoms with Gasteiger partial charge in [0.15, 0.2) is 0 Å². The van der Waals surface area contributed by atoms with Crippen LogP contribution in [0.2, 0.25) is 0 Å². The first-order valence-corrected chi connectivity index (χ1v) is 7.83. The zero-order chi connectivity index (χ0) is 15.2. The third-order valence-corrected chi connectivity index (χ3v) is 4.34. The summed E-state index contributed by atoms with van der Waals surface area (Å²) >= 11 is 0. The van der Waals surface area contributed by atoms with Crippen molar-refractivity contribution < 1.29 is 4.79 Å². The zero-order valence-corrected chi connectivity index (χ0v) is 13.1. The van der Waals surface area contributed by atoms with E-state index in [2.05, 4.69) is 29.3 Å². The molecule has 1 fully saturated rings. The molecule has 2 atom stereocenters. The number of hydrogen-bond acceptors (Lipinski definition) is 3. The maximum atomic E-state index is 12.1. The largest absolute Gasteiger partial charge is 0.354 e. The molecule has 116 valence electrons. The van der Waals surface area contributed by atoms with E-state index in [1.54, 1.807) is 0 Å². The van der Waals surface area contributed by atoms with Crippen molar-refractivity contribution >= 4 is 5.91 Å². The highest BCUT2D eigenvalue weighted by atomic mass is 16.2. The minimum Gasteiger partial charge on any atom is -0.354 e. The van der Waals surface area contributed by atoms with E-state index in [0.717, 1.165) is 0 Å². The standard InChI is InChI=1S/C17H27N3O/c1-13(14-6-4-3-5-7-14)11-19-17(21)12-20(2)16(10-18)15-8-9-15/h3-7,13,15-16H,8-12,18H2,1-2H3,(H,19,21). The molecule has 1 aromatic rings. The van der Waals surface area contributed by atoms with Gasteiger partial charge in [0, 0.05) is 19.1 Å². The number of hydrogen-bond donors (Lipinski definition) is 2. The number of rotatable bonds is 8. The number of benzene rings is 1. The molecule has 1 aliphatic rings. The van der Waals surface area contributed by atoms with E-state index in [0.29, 0.717) is 37.5 Å². The second kappa shape index (κ2) is 7.57. The lowest BCUT2D eigenvalue weighted by Gasteiger charge is -2.26. The number of nitrogens with two attached hydrogens (primary N) is 1. The summed E-state index contributed by atoms with van der Waals surface area (Å²) in [4.78, 5) is 14.2. The molecule has 0 heterocycles. The Bertz CT molecular complexity index is 445. The van der Waals surface area contributed by atoms with Crippen LogP contribution in [0.25, 0.3) is 0 Å². The second-order valence-electron chi connectivity index (χ2n) is 6.17. The van der Waals surface area contributed by atoms with Gasteiger partial charge < -0.3 is 11.1 Å². The van der Waals surface area contributed by atoms with Crippen molar-refractivity contribution in [1.82, 2.24) is 10.2 Å². The molecule has 0 aliphatic heterocycles. The van der Waals surface area contributed by atoms with Crippen LogP contribution in [0.1, 0.15) is 31.2 Å². The molecule has 0 spiro atoms. The minimum atomic E-state index is 0.0828. The summed E-state index contributed by atoms with van der Waals surface area (Å²) in [6.45, 7) is 3.87. The lowest BCUT2D eigenvalue weighted by Crippen LogP contribution is -2.45. The maximum Gasteiger partial charge on any atom is 0.234 e. The molecule has 1 aliphatic carbocycles. The summed E-state index contributed by atoms with van der Waals surface area (Å²) in [5.74, 6) is 1.10. The topological polar surface area (TPSA) is 58.4 Å². The first-order valence-electron chi connectivity index (χ1n) is 7.83. The van der Waals surface area contributed by atoms with Crippen LogP contribution in [-0.2, 0) is 4.79 Å². The first-order chi connectivity index (χ1) is 10.1. The molecule has 3 N–H and O–H groups in total. The van der Waals surface area contributed by atoms with E-state index in [1.165, 1.54) is 18.4 Å². The van der Waals surface area contributed by atoms with E-state index < -0.39 is 0 Å². The Hall–Kier alpha value is -1.39. The number of nitrogens with one attached hydrogen (secondary N) is 1. The number of carbonyl (C=O) groups is 1. The number of likely N-dealkylation sites (N-methyl/N-ethyl adjacent to an activating group) is 1. The molecule has 1 saturated carbocycles. The van der Waals surface area contributed by atoms with Crippen LogP contribution in [-0.4, -0.2) is 43.5 Å². The SMILES string of the molecule is CC(CNC(=O)CN(C)C(CN)C1CC1)c1ccccc1. The molecular formula is C17H27N3O. The molecule has 2 rings (SSSR count). The molecule has 4 heteroatoms. The van der Waals surface area contributed by atoms with E-state index in [9.17, 15) is 4.79 Å². The van der Waals surface area contributed by atoms with Crippen molar-refractivity contribution in [3.8, 4) is 0 Å². The molecule has 0 bridgehead atoms. The molecule has 0 aromatic heterocycles. The number of carbonyl (C=O) groups excluding carboxylic acids is 1. The van der Waals surface area contributed by atoms with Gasteiger partial charge >= 0.3 is 0 Å². The molecule has 2 unspecified atom stereocenters. The van der Waals surface area contributed by atoms with Crippen molar-refractivity contribution in [1.29, 1.82) is 0 Å². The highest BCUT2D eigenvalue weighted by Gasteiger charge is 2.33. The van der Waals surface area contributed by atoms with E-state index in [1.807, 2.05) is 25.2 Å². The molecule has 0 radical (unpaired) electrons. The predicted octanol–water partition coefficient (Wildman–Crippen LogP) is 1.58. The van der Waals surface area contributed by atoms with Crippen LogP contribution in [0.5, 0.6) is 0 Å². The van der Waals surface area contributed by atoms with Crippen LogP contribution in [0.3, 0.4) is 0 Å². The average molecular weight is 289 g/mol. The van der Waals surface area contributed by atoms with Crippen molar-refractivity contribution in [2.45, 2.75) is 31.7 Å². The van der Waals surface area contributed by atoms with Crippen LogP contribution < -0.4 is 11.1 Å². The smallest absolute Gasteiger partial charge is 0.234 e. The second-order valence-corrected chi connectivity index (χ2v) is 6.17.